The van der Waals surface area contributed by atoms with Gasteiger partial charge in [-0.25, -0.2) is 4.68 Å². The van der Waals surface area contributed by atoms with Gasteiger partial charge in [-0.15, -0.1) is 10.2 Å². The number of benzene rings is 1. The topological polar surface area (TPSA) is 99.9 Å². The first kappa shape index (κ1) is 20.7. The maximum atomic E-state index is 13.0. The Balaban J connectivity index is 1.54. The summed E-state index contributed by atoms with van der Waals surface area (Å²) in [7, 11) is 3.60. The van der Waals surface area contributed by atoms with Crippen LogP contribution in [0.2, 0.25) is 0 Å². The lowest BCUT2D eigenvalue weighted by Crippen LogP contribution is -2.27. The highest BCUT2D eigenvalue weighted by Gasteiger charge is 2.23. The van der Waals surface area contributed by atoms with E-state index in [1.165, 1.54) is 16.4 Å². The van der Waals surface area contributed by atoms with Gasteiger partial charge in [-0.1, -0.05) is 30.0 Å². The first-order chi connectivity index (χ1) is 14.9. The molecule has 0 saturated carbocycles. The number of anilines is 1. The number of hydrogen-bond donors (Lipinski definition) is 1. The molecule has 0 fully saturated rings. The highest BCUT2D eigenvalue weighted by atomic mass is 32.2. The molecule has 0 bridgehead atoms. The summed E-state index contributed by atoms with van der Waals surface area (Å²) in [4.78, 5) is 25.9. The van der Waals surface area contributed by atoms with Crippen molar-refractivity contribution in [3.63, 3.8) is 0 Å². The number of thioether (sulfide) groups is 1. The number of carbonyl (C=O) groups is 1. The third kappa shape index (κ3) is 3.81. The lowest BCUT2D eigenvalue weighted by atomic mass is 10.3. The van der Waals surface area contributed by atoms with Crippen molar-refractivity contribution < 1.29 is 9.21 Å². The van der Waals surface area contributed by atoms with Crippen LogP contribution in [-0.2, 0) is 18.9 Å². The van der Waals surface area contributed by atoms with E-state index in [0.717, 1.165) is 5.69 Å². The molecule has 0 radical (unpaired) electrons. The van der Waals surface area contributed by atoms with Gasteiger partial charge in [-0.2, -0.15) is 0 Å². The van der Waals surface area contributed by atoms with Gasteiger partial charge in [0.25, 0.3) is 5.56 Å². The smallest absolute Gasteiger partial charge is 0.295 e. The molecule has 0 aliphatic heterocycles. The van der Waals surface area contributed by atoms with Gasteiger partial charge in [0, 0.05) is 14.1 Å². The van der Waals surface area contributed by atoms with Gasteiger partial charge in [0.15, 0.2) is 16.7 Å². The van der Waals surface area contributed by atoms with Crippen LogP contribution >= 0.6 is 11.8 Å². The van der Waals surface area contributed by atoms with Crippen LogP contribution in [0.4, 0.5) is 5.69 Å². The molecular formula is C21H22N6O3S. The molecule has 1 unspecified atom stereocenters. The normalized spacial score (nSPS) is 12.1. The first-order valence-corrected chi connectivity index (χ1v) is 10.5. The Labute approximate surface area is 182 Å². The Morgan fingerprint density at radius 3 is 2.55 bits per heavy atom. The Morgan fingerprint density at radius 1 is 1.13 bits per heavy atom. The lowest BCUT2D eigenvalue weighted by molar-refractivity contribution is -0.115. The van der Waals surface area contributed by atoms with Crippen LogP contribution in [0.5, 0.6) is 0 Å². The van der Waals surface area contributed by atoms with E-state index in [0.29, 0.717) is 22.4 Å². The van der Waals surface area contributed by atoms with Crippen molar-refractivity contribution in [1.82, 2.24) is 24.1 Å². The van der Waals surface area contributed by atoms with Crippen molar-refractivity contribution >= 4 is 23.4 Å². The zero-order valence-corrected chi connectivity index (χ0v) is 18.4. The van der Waals surface area contributed by atoms with E-state index in [2.05, 4.69) is 15.5 Å². The van der Waals surface area contributed by atoms with Crippen LogP contribution in [0.1, 0.15) is 12.6 Å². The van der Waals surface area contributed by atoms with Gasteiger partial charge in [0.1, 0.15) is 5.69 Å². The number of nitrogens with one attached hydrogen (secondary N) is 1. The monoisotopic (exact) mass is 438 g/mol. The zero-order chi connectivity index (χ0) is 22.1. The molecule has 1 aromatic carbocycles. The number of furan rings is 1. The number of carbonyl (C=O) groups excluding carboxylic acids is 1. The highest BCUT2D eigenvalue weighted by molar-refractivity contribution is 8.00. The number of aromatic nitrogens is 5. The summed E-state index contributed by atoms with van der Waals surface area (Å²) in [5.74, 6) is 0.878. The Kier molecular flexibility index (Phi) is 5.55. The van der Waals surface area contributed by atoms with E-state index in [1.54, 1.807) is 48.5 Å². The third-order valence-corrected chi connectivity index (χ3v) is 6.16. The van der Waals surface area contributed by atoms with Gasteiger partial charge in [0.2, 0.25) is 5.91 Å². The summed E-state index contributed by atoms with van der Waals surface area (Å²) < 4.78 is 10.4. The van der Waals surface area contributed by atoms with Crippen LogP contribution in [-0.4, -0.2) is 35.3 Å². The van der Waals surface area contributed by atoms with Crippen LogP contribution in [0.15, 0.2) is 63.1 Å². The largest absolute Gasteiger partial charge is 0.461 e. The Morgan fingerprint density at radius 2 is 1.87 bits per heavy atom. The van der Waals surface area contributed by atoms with E-state index in [9.17, 15) is 9.59 Å². The molecule has 1 N–H and O–H groups in total. The molecule has 1 atom stereocenters. The van der Waals surface area contributed by atoms with Crippen molar-refractivity contribution in [2.75, 3.05) is 5.32 Å². The molecule has 4 aromatic rings. The van der Waals surface area contributed by atoms with Gasteiger partial charge in [0.05, 0.1) is 22.9 Å². The maximum absolute atomic E-state index is 13.0. The van der Waals surface area contributed by atoms with E-state index >= 15 is 0 Å². The van der Waals surface area contributed by atoms with E-state index < -0.39 is 5.25 Å². The average molecular weight is 439 g/mol. The molecular weight excluding hydrogens is 416 g/mol. The summed E-state index contributed by atoms with van der Waals surface area (Å²) in [5, 5.41) is 11.2. The fourth-order valence-corrected chi connectivity index (χ4v) is 4.00. The minimum atomic E-state index is -0.503. The first-order valence-electron chi connectivity index (χ1n) is 9.63. The second-order valence-corrected chi connectivity index (χ2v) is 8.34. The molecule has 0 spiro atoms. The molecule has 3 aromatic heterocycles. The van der Waals surface area contributed by atoms with Gasteiger partial charge < -0.3 is 14.3 Å². The van der Waals surface area contributed by atoms with Crippen LogP contribution in [0, 0.1) is 6.92 Å². The number of rotatable bonds is 6. The minimum absolute atomic E-state index is 0.262. The van der Waals surface area contributed by atoms with E-state index in [1.807, 2.05) is 37.4 Å². The Hall–Kier alpha value is -3.53. The highest BCUT2D eigenvalue weighted by Crippen LogP contribution is 2.26. The molecule has 0 saturated heterocycles. The second kappa shape index (κ2) is 8.31. The van der Waals surface area contributed by atoms with Crippen molar-refractivity contribution in [2.45, 2.75) is 24.3 Å². The second-order valence-electron chi connectivity index (χ2n) is 7.03. The number of amides is 1. The molecule has 160 valence electrons. The third-order valence-electron chi connectivity index (χ3n) is 5.03. The fraction of sp³-hybridized carbons (Fsp3) is 0.238. The molecule has 3 heterocycles. The lowest BCUT2D eigenvalue weighted by Gasteiger charge is -2.10. The molecule has 9 nitrogen and oxygen atoms in total. The molecule has 1 amide bonds. The van der Waals surface area contributed by atoms with E-state index in [4.69, 9.17) is 4.42 Å². The zero-order valence-electron chi connectivity index (χ0n) is 17.6. The minimum Gasteiger partial charge on any atom is -0.461 e. The number of para-hydroxylation sites is 1. The summed E-state index contributed by atoms with van der Waals surface area (Å²) in [5.41, 5.74) is 1.37. The average Bonchev–Trinajstić information content (AvgIpc) is 3.46. The van der Waals surface area contributed by atoms with Crippen molar-refractivity contribution in [1.29, 1.82) is 0 Å². The molecule has 4 rings (SSSR count). The SMILES string of the molecule is Cc1c(NC(=O)C(C)Sc2nnc(-c3ccco3)n2C)c(=O)n(-c2ccccc2)n1C. The summed E-state index contributed by atoms with van der Waals surface area (Å²) >= 11 is 1.25. The number of nitrogens with zero attached hydrogens (tertiary/aromatic N) is 5. The standard InChI is InChI=1S/C21H22N6O3S/c1-13-17(20(29)27(26(13)4)15-9-6-5-7-10-15)22-19(28)14(2)31-21-24-23-18(25(21)3)16-11-8-12-30-16/h5-12,14H,1-4H3,(H,22,28). The van der Waals surface area contributed by atoms with Crippen molar-refractivity contribution in [2.24, 2.45) is 14.1 Å². The predicted molar refractivity (Wildman–Crippen MR) is 118 cm³/mol. The summed E-state index contributed by atoms with van der Waals surface area (Å²) in [6.07, 6.45) is 1.57. The summed E-state index contributed by atoms with van der Waals surface area (Å²) in [6.45, 7) is 3.56. The van der Waals surface area contributed by atoms with Crippen LogP contribution in [0.3, 0.4) is 0 Å². The van der Waals surface area contributed by atoms with E-state index in [-0.39, 0.29) is 17.2 Å². The van der Waals surface area contributed by atoms with Gasteiger partial charge in [-0.05, 0) is 38.1 Å². The Bertz CT molecular complexity index is 1270. The quantitative estimate of drug-likeness (QED) is 0.465. The van der Waals surface area contributed by atoms with Gasteiger partial charge in [-0.3, -0.25) is 14.3 Å². The fourth-order valence-electron chi connectivity index (χ4n) is 3.19. The number of hydrogen-bond acceptors (Lipinski definition) is 6. The van der Waals surface area contributed by atoms with Crippen LogP contribution in [0.25, 0.3) is 17.3 Å². The summed E-state index contributed by atoms with van der Waals surface area (Å²) in [6, 6.07) is 12.9. The van der Waals surface area contributed by atoms with Crippen LogP contribution < -0.4 is 10.9 Å². The molecule has 0 aliphatic carbocycles. The van der Waals surface area contributed by atoms with Crippen molar-refractivity contribution in [3.05, 3.63) is 64.8 Å². The van der Waals surface area contributed by atoms with Gasteiger partial charge >= 0.3 is 0 Å². The maximum Gasteiger partial charge on any atom is 0.295 e. The predicted octanol–water partition coefficient (Wildman–Crippen LogP) is 2.99. The van der Waals surface area contributed by atoms with Crippen molar-refractivity contribution in [3.8, 4) is 17.3 Å². The molecule has 0 aliphatic rings. The molecule has 10 heteroatoms. The molecule has 31 heavy (non-hydrogen) atoms.